The fourth-order valence-corrected chi connectivity index (χ4v) is 4.80. The third-order valence-electron chi connectivity index (χ3n) is 4.28. The van der Waals surface area contributed by atoms with E-state index in [0.717, 1.165) is 0 Å². The molecule has 2 aromatic carbocycles. The second-order valence-electron chi connectivity index (χ2n) is 6.59. The van der Waals surface area contributed by atoms with Crippen LogP contribution in [-0.4, -0.2) is 38.4 Å². The number of amides is 1. The molecule has 0 aromatic heterocycles. The molecule has 28 heavy (non-hydrogen) atoms. The molecule has 8 heteroatoms. The minimum absolute atomic E-state index is 0.000214. The molecule has 1 aliphatic rings. The lowest BCUT2D eigenvalue weighted by Crippen LogP contribution is -2.22. The highest BCUT2D eigenvalue weighted by molar-refractivity contribution is 7.91. The van der Waals surface area contributed by atoms with Gasteiger partial charge in [0, 0.05) is 6.42 Å². The summed E-state index contributed by atoms with van der Waals surface area (Å²) >= 11 is 0. The van der Waals surface area contributed by atoms with E-state index in [1.807, 2.05) is 18.2 Å². The number of hydrogen-bond acceptors (Lipinski definition) is 6. The molecule has 0 aliphatic carbocycles. The Bertz CT molecular complexity index is 942. The Morgan fingerprint density at radius 1 is 1.04 bits per heavy atom. The smallest absolute Gasteiger partial charge is 0.306 e. The van der Waals surface area contributed by atoms with E-state index in [2.05, 4.69) is 5.32 Å². The van der Waals surface area contributed by atoms with Crippen molar-refractivity contribution in [2.75, 3.05) is 23.4 Å². The third kappa shape index (κ3) is 5.82. The number of benzene rings is 2. The first-order valence-corrected chi connectivity index (χ1v) is 10.7. The summed E-state index contributed by atoms with van der Waals surface area (Å²) in [5, 5.41) is 2.66. The largest absolute Gasteiger partial charge is 0.456 e. The van der Waals surface area contributed by atoms with Gasteiger partial charge < -0.3 is 14.8 Å². The van der Waals surface area contributed by atoms with Crippen molar-refractivity contribution >= 4 is 27.4 Å². The Morgan fingerprint density at radius 2 is 1.75 bits per heavy atom. The van der Waals surface area contributed by atoms with Crippen LogP contribution in [0.5, 0.6) is 11.5 Å². The van der Waals surface area contributed by atoms with Crippen LogP contribution < -0.4 is 10.1 Å². The minimum atomic E-state index is -3.04. The van der Waals surface area contributed by atoms with Crippen LogP contribution in [-0.2, 0) is 24.2 Å². The molecule has 1 heterocycles. The van der Waals surface area contributed by atoms with Gasteiger partial charge in [-0.25, -0.2) is 8.42 Å². The first-order valence-electron chi connectivity index (χ1n) is 8.89. The van der Waals surface area contributed by atoms with Crippen LogP contribution in [0, 0.1) is 5.92 Å². The van der Waals surface area contributed by atoms with Gasteiger partial charge in [-0.2, -0.15) is 0 Å². The molecule has 2 aromatic rings. The quantitative estimate of drug-likeness (QED) is 0.714. The number of anilines is 1. The van der Waals surface area contributed by atoms with Crippen molar-refractivity contribution in [3.8, 4) is 11.5 Å². The van der Waals surface area contributed by atoms with Crippen molar-refractivity contribution in [2.24, 2.45) is 5.92 Å². The predicted molar refractivity (Wildman–Crippen MR) is 104 cm³/mol. The van der Waals surface area contributed by atoms with E-state index in [4.69, 9.17) is 9.47 Å². The summed E-state index contributed by atoms with van der Waals surface area (Å²) in [5.74, 6) is -0.128. The molecule has 7 nitrogen and oxygen atoms in total. The summed E-state index contributed by atoms with van der Waals surface area (Å²) in [4.78, 5) is 24.0. The van der Waals surface area contributed by atoms with Crippen molar-refractivity contribution in [1.82, 2.24) is 0 Å². The molecule has 1 fully saturated rings. The molecular weight excluding hydrogens is 382 g/mol. The zero-order valence-corrected chi connectivity index (χ0v) is 16.0. The molecule has 0 bridgehead atoms. The molecule has 0 spiro atoms. The fourth-order valence-electron chi connectivity index (χ4n) is 2.93. The summed E-state index contributed by atoms with van der Waals surface area (Å²) in [6.07, 6.45) is 0.452. The zero-order chi connectivity index (χ0) is 20.0. The first kappa shape index (κ1) is 19.9. The van der Waals surface area contributed by atoms with Gasteiger partial charge in [-0.05, 0) is 36.6 Å². The maximum absolute atomic E-state index is 12.1. The Kier molecular flexibility index (Phi) is 6.30. The topological polar surface area (TPSA) is 98.8 Å². The first-order chi connectivity index (χ1) is 13.4. The zero-order valence-electron chi connectivity index (χ0n) is 15.2. The van der Waals surface area contributed by atoms with Gasteiger partial charge in [-0.3, -0.25) is 9.59 Å². The normalized spacial score (nSPS) is 17.6. The van der Waals surface area contributed by atoms with Gasteiger partial charge in [-0.15, -0.1) is 0 Å². The molecule has 3 rings (SSSR count). The van der Waals surface area contributed by atoms with E-state index in [1.54, 1.807) is 36.4 Å². The van der Waals surface area contributed by atoms with Gasteiger partial charge in [0.25, 0.3) is 5.91 Å². The Balaban J connectivity index is 1.50. The van der Waals surface area contributed by atoms with E-state index in [-0.39, 0.29) is 23.8 Å². The van der Waals surface area contributed by atoms with Gasteiger partial charge in [-0.1, -0.05) is 30.3 Å². The van der Waals surface area contributed by atoms with E-state index in [1.165, 1.54) is 0 Å². The molecule has 1 saturated heterocycles. The maximum atomic E-state index is 12.1. The molecule has 148 valence electrons. The third-order valence-corrected chi connectivity index (χ3v) is 6.12. The van der Waals surface area contributed by atoms with Crippen molar-refractivity contribution in [3.05, 3.63) is 54.6 Å². The van der Waals surface area contributed by atoms with Crippen LogP contribution in [0.15, 0.2) is 54.6 Å². The van der Waals surface area contributed by atoms with Crippen molar-refractivity contribution in [3.63, 3.8) is 0 Å². The molecule has 1 atom stereocenters. The molecule has 1 aliphatic heterocycles. The number of para-hydroxylation sites is 3. The number of nitrogens with one attached hydrogen (secondary N) is 1. The highest BCUT2D eigenvalue weighted by atomic mass is 32.2. The van der Waals surface area contributed by atoms with Crippen LogP contribution in [0.2, 0.25) is 0 Å². The fraction of sp³-hybridized carbons (Fsp3) is 0.300. The lowest BCUT2D eigenvalue weighted by Gasteiger charge is -2.12. The molecule has 1 amide bonds. The molecule has 0 saturated carbocycles. The Hall–Kier alpha value is -2.87. The average Bonchev–Trinajstić information content (AvgIpc) is 3.01. The van der Waals surface area contributed by atoms with Crippen LogP contribution in [0.4, 0.5) is 5.69 Å². The summed E-state index contributed by atoms with van der Waals surface area (Å²) in [7, 11) is -3.04. The monoisotopic (exact) mass is 403 g/mol. The number of carbonyl (C=O) groups excluding carboxylic acids is 2. The predicted octanol–water partition coefficient (Wildman–Crippen LogP) is 2.79. The number of hydrogen-bond donors (Lipinski definition) is 1. The minimum Gasteiger partial charge on any atom is -0.456 e. The van der Waals surface area contributed by atoms with Gasteiger partial charge in [0.15, 0.2) is 22.2 Å². The summed E-state index contributed by atoms with van der Waals surface area (Å²) < 4.78 is 33.6. The summed E-state index contributed by atoms with van der Waals surface area (Å²) in [6, 6.07) is 16.1. The number of rotatable bonds is 7. The lowest BCUT2D eigenvalue weighted by molar-refractivity contribution is -0.148. The van der Waals surface area contributed by atoms with Crippen molar-refractivity contribution < 1.29 is 27.5 Å². The molecule has 1 N–H and O–H groups in total. The van der Waals surface area contributed by atoms with Gasteiger partial charge >= 0.3 is 5.97 Å². The molecular formula is C20H21NO6S. The summed E-state index contributed by atoms with van der Waals surface area (Å²) in [6.45, 7) is -0.446. The van der Waals surface area contributed by atoms with Crippen molar-refractivity contribution in [1.29, 1.82) is 0 Å². The van der Waals surface area contributed by atoms with Gasteiger partial charge in [0.1, 0.15) is 5.75 Å². The van der Waals surface area contributed by atoms with Crippen LogP contribution in [0.25, 0.3) is 0 Å². The van der Waals surface area contributed by atoms with E-state index < -0.39 is 28.3 Å². The van der Waals surface area contributed by atoms with Crippen molar-refractivity contribution in [2.45, 2.75) is 12.8 Å². The van der Waals surface area contributed by atoms with E-state index in [9.17, 15) is 18.0 Å². The highest BCUT2D eigenvalue weighted by Gasteiger charge is 2.30. The molecule has 0 radical (unpaired) electrons. The number of sulfone groups is 1. The van der Waals surface area contributed by atoms with E-state index in [0.29, 0.717) is 23.6 Å². The second kappa shape index (κ2) is 8.88. The van der Waals surface area contributed by atoms with Gasteiger partial charge in [0.05, 0.1) is 17.2 Å². The molecule has 0 unspecified atom stereocenters. The van der Waals surface area contributed by atoms with Gasteiger partial charge in [0.2, 0.25) is 0 Å². The second-order valence-corrected chi connectivity index (χ2v) is 8.82. The highest BCUT2D eigenvalue weighted by Crippen LogP contribution is 2.29. The SMILES string of the molecule is O=C(COC(=O)C[C@H]1CCS(=O)(=O)C1)Nc1ccccc1Oc1ccccc1. The van der Waals surface area contributed by atoms with Crippen LogP contribution in [0.3, 0.4) is 0 Å². The maximum Gasteiger partial charge on any atom is 0.306 e. The Labute approximate surface area is 163 Å². The van der Waals surface area contributed by atoms with Crippen LogP contribution in [0.1, 0.15) is 12.8 Å². The standard InChI is InChI=1S/C20H21NO6S/c22-19(13-26-20(23)12-15-10-11-28(24,25)14-15)21-17-8-4-5-9-18(17)27-16-6-2-1-3-7-16/h1-9,15H,10-14H2,(H,21,22)/t15-/m1/s1. The summed E-state index contributed by atoms with van der Waals surface area (Å²) in [5.41, 5.74) is 0.453. The lowest BCUT2D eigenvalue weighted by atomic mass is 10.1. The number of esters is 1. The number of ether oxygens (including phenoxy) is 2. The Morgan fingerprint density at radius 3 is 2.46 bits per heavy atom. The average molecular weight is 403 g/mol. The van der Waals surface area contributed by atoms with Crippen LogP contribution >= 0.6 is 0 Å². The van der Waals surface area contributed by atoms with E-state index >= 15 is 0 Å². The number of carbonyl (C=O) groups is 2.